The van der Waals surface area contributed by atoms with Crippen molar-refractivity contribution in [1.29, 1.82) is 0 Å². The van der Waals surface area contributed by atoms with Crippen LogP contribution in [-0.4, -0.2) is 42.8 Å². The molecule has 1 aromatic rings. The number of carboxylic acids is 1. The minimum atomic E-state index is -1.42. The Balaban J connectivity index is 1.78. The SMILES string of the molecule is COCC(C)(NC(=O)[C@@H]1C[C@]12CCOc1ccccc12)C(=O)O. The molecule has 1 amide bonds. The van der Waals surface area contributed by atoms with Gasteiger partial charge < -0.3 is 19.9 Å². The third-order valence-electron chi connectivity index (χ3n) is 4.93. The fraction of sp³-hybridized carbons (Fsp3) is 0.529. The Bertz CT molecular complexity index is 646. The first kappa shape index (κ1) is 15.8. The number of aliphatic carboxylic acids is 1. The second-order valence-electron chi connectivity index (χ2n) is 6.57. The number of hydrogen-bond acceptors (Lipinski definition) is 4. The van der Waals surface area contributed by atoms with Crippen LogP contribution in [0.1, 0.15) is 25.3 Å². The van der Waals surface area contributed by atoms with Crippen LogP contribution in [0.3, 0.4) is 0 Å². The van der Waals surface area contributed by atoms with Crippen molar-refractivity contribution in [2.24, 2.45) is 5.92 Å². The summed E-state index contributed by atoms with van der Waals surface area (Å²) in [5.74, 6) is -0.728. The molecule has 0 aromatic heterocycles. The molecule has 2 N–H and O–H groups in total. The van der Waals surface area contributed by atoms with Gasteiger partial charge in [0.1, 0.15) is 5.75 Å². The number of nitrogens with one attached hydrogen (secondary N) is 1. The number of hydrogen-bond donors (Lipinski definition) is 2. The van der Waals surface area contributed by atoms with Gasteiger partial charge in [0, 0.05) is 24.0 Å². The van der Waals surface area contributed by atoms with Crippen LogP contribution in [-0.2, 0) is 19.7 Å². The van der Waals surface area contributed by atoms with Crippen LogP contribution in [0.5, 0.6) is 5.75 Å². The summed E-state index contributed by atoms with van der Waals surface area (Å²) in [7, 11) is 1.42. The molecule has 6 nitrogen and oxygen atoms in total. The molecule has 1 saturated carbocycles. The van der Waals surface area contributed by atoms with Crippen LogP contribution < -0.4 is 10.1 Å². The lowest BCUT2D eigenvalue weighted by Crippen LogP contribution is -2.56. The van der Waals surface area contributed by atoms with Crippen LogP contribution in [0.15, 0.2) is 24.3 Å². The highest BCUT2D eigenvalue weighted by Gasteiger charge is 2.61. The number of methoxy groups -OCH3 is 1. The minimum absolute atomic E-state index is 0.0759. The molecule has 3 rings (SSSR count). The van der Waals surface area contributed by atoms with E-state index in [9.17, 15) is 14.7 Å². The molecular weight excluding hydrogens is 298 g/mol. The van der Waals surface area contributed by atoms with Gasteiger partial charge in [0.05, 0.1) is 13.2 Å². The van der Waals surface area contributed by atoms with E-state index >= 15 is 0 Å². The van der Waals surface area contributed by atoms with Gasteiger partial charge in [-0.1, -0.05) is 18.2 Å². The van der Waals surface area contributed by atoms with Crippen molar-refractivity contribution in [3.63, 3.8) is 0 Å². The van der Waals surface area contributed by atoms with Crippen molar-refractivity contribution in [3.05, 3.63) is 29.8 Å². The van der Waals surface area contributed by atoms with Crippen LogP contribution in [0.2, 0.25) is 0 Å². The van der Waals surface area contributed by atoms with Crippen LogP contribution in [0.25, 0.3) is 0 Å². The third-order valence-corrected chi connectivity index (χ3v) is 4.93. The van der Waals surface area contributed by atoms with E-state index in [0.29, 0.717) is 6.61 Å². The fourth-order valence-electron chi connectivity index (χ4n) is 3.50. The maximum Gasteiger partial charge on any atom is 0.331 e. The average Bonchev–Trinajstić information content (AvgIpc) is 3.23. The Labute approximate surface area is 134 Å². The van der Waals surface area contributed by atoms with E-state index in [4.69, 9.17) is 9.47 Å². The summed E-state index contributed by atoms with van der Waals surface area (Å²) >= 11 is 0. The monoisotopic (exact) mass is 319 g/mol. The van der Waals surface area contributed by atoms with Crippen molar-refractivity contribution >= 4 is 11.9 Å². The first-order chi connectivity index (χ1) is 10.9. The lowest BCUT2D eigenvalue weighted by atomic mass is 9.87. The van der Waals surface area contributed by atoms with Crippen LogP contribution in [0, 0.1) is 5.92 Å². The van der Waals surface area contributed by atoms with E-state index < -0.39 is 11.5 Å². The van der Waals surface area contributed by atoms with Gasteiger partial charge in [-0.15, -0.1) is 0 Å². The van der Waals surface area contributed by atoms with Gasteiger partial charge >= 0.3 is 5.97 Å². The van der Waals surface area contributed by atoms with Crippen molar-refractivity contribution in [2.45, 2.75) is 30.7 Å². The Morgan fingerprint density at radius 3 is 2.91 bits per heavy atom. The number of ether oxygens (including phenoxy) is 2. The molecule has 1 unspecified atom stereocenters. The van der Waals surface area contributed by atoms with Gasteiger partial charge in [0.25, 0.3) is 0 Å². The summed E-state index contributed by atoms with van der Waals surface area (Å²) in [5.41, 5.74) is -0.582. The second kappa shape index (κ2) is 5.53. The van der Waals surface area contributed by atoms with Crippen molar-refractivity contribution < 1.29 is 24.2 Å². The Kier molecular flexibility index (Phi) is 3.80. The van der Waals surface area contributed by atoms with Gasteiger partial charge in [-0.25, -0.2) is 4.79 Å². The summed E-state index contributed by atoms with van der Waals surface area (Å²) in [6.07, 6.45) is 1.50. The molecule has 2 aliphatic rings. The molecule has 1 fully saturated rings. The van der Waals surface area contributed by atoms with E-state index in [1.54, 1.807) is 0 Å². The van der Waals surface area contributed by atoms with E-state index in [1.165, 1.54) is 14.0 Å². The van der Waals surface area contributed by atoms with Gasteiger partial charge in [-0.3, -0.25) is 4.79 Å². The highest BCUT2D eigenvalue weighted by atomic mass is 16.5. The zero-order valence-electron chi connectivity index (χ0n) is 13.3. The quantitative estimate of drug-likeness (QED) is 0.855. The first-order valence-corrected chi connectivity index (χ1v) is 7.70. The normalized spacial score (nSPS) is 27.5. The zero-order chi connectivity index (χ0) is 16.7. The molecule has 1 aromatic carbocycles. The Morgan fingerprint density at radius 2 is 2.22 bits per heavy atom. The molecule has 0 bridgehead atoms. The smallest absolute Gasteiger partial charge is 0.331 e. The van der Waals surface area contributed by atoms with Gasteiger partial charge in [-0.2, -0.15) is 0 Å². The summed E-state index contributed by atoms with van der Waals surface area (Å²) in [6, 6.07) is 7.76. The standard InChI is InChI=1S/C17H21NO5/c1-16(10-22-2,15(20)21)18-14(19)12-9-17(12)7-8-23-13-6-4-3-5-11(13)17/h3-6,12H,7-10H2,1-2H3,(H,18,19)(H,20,21)/t12-,16?,17-/m0/s1. The maximum atomic E-state index is 12.6. The molecule has 1 aliphatic heterocycles. The predicted octanol–water partition coefficient (Wildman–Crippen LogP) is 1.33. The average molecular weight is 319 g/mol. The van der Waals surface area contributed by atoms with E-state index in [-0.39, 0.29) is 23.8 Å². The molecule has 1 spiro atoms. The lowest BCUT2D eigenvalue weighted by molar-refractivity contribution is -0.149. The van der Waals surface area contributed by atoms with E-state index in [0.717, 1.165) is 24.2 Å². The fourth-order valence-corrected chi connectivity index (χ4v) is 3.50. The molecule has 0 saturated heterocycles. The number of carbonyl (C=O) groups excluding carboxylic acids is 1. The van der Waals surface area contributed by atoms with Gasteiger partial charge in [-0.05, 0) is 25.8 Å². The third kappa shape index (κ3) is 2.57. The molecule has 124 valence electrons. The largest absolute Gasteiger partial charge is 0.493 e. The number of carboxylic acid groups (broad SMARTS) is 1. The van der Waals surface area contributed by atoms with Crippen molar-refractivity contribution in [3.8, 4) is 5.75 Å². The van der Waals surface area contributed by atoms with E-state index in [1.807, 2.05) is 24.3 Å². The molecule has 23 heavy (non-hydrogen) atoms. The first-order valence-electron chi connectivity index (χ1n) is 7.70. The topological polar surface area (TPSA) is 84.9 Å². The molecule has 0 radical (unpaired) electrons. The number of amides is 1. The molecule has 6 heteroatoms. The summed E-state index contributed by atoms with van der Waals surface area (Å²) in [5, 5.41) is 12.0. The van der Waals surface area contributed by atoms with Crippen LogP contribution >= 0.6 is 0 Å². The summed E-state index contributed by atoms with van der Waals surface area (Å²) in [6.45, 7) is 1.96. The number of carbonyl (C=O) groups is 2. The molecule has 1 aliphatic carbocycles. The van der Waals surface area contributed by atoms with Gasteiger partial charge in [0.2, 0.25) is 5.91 Å². The minimum Gasteiger partial charge on any atom is -0.493 e. The molecule has 1 heterocycles. The Hall–Kier alpha value is -2.08. The molecule has 3 atom stereocenters. The Morgan fingerprint density at radius 1 is 1.48 bits per heavy atom. The molecular formula is C17H21NO5. The number of rotatable bonds is 5. The van der Waals surface area contributed by atoms with Gasteiger partial charge in [0.15, 0.2) is 5.54 Å². The predicted molar refractivity (Wildman–Crippen MR) is 82.4 cm³/mol. The van der Waals surface area contributed by atoms with Crippen LogP contribution in [0.4, 0.5) is 0 Å². The zero-order valence-corrected chi connectivity index (χ0v) is 13.3. The summed E-state index contributed by atoms with van der Waals surface area (Å²) < 4.78 is 10.6. The lowest BCUT2D eigenvalue weighted by Gasteiger charge is -2.29. The number of fused-ring (bicyclic) bond motifs is 2. The highest BCUT2D eigenvalue weighted by Crippen LogP contribution is 2.60. The highest BCUT2D eigenvalue weighted by molar-refractivity contribution is 5.91. The second-order valence-corrected chi connectivity index (χ2v) is 6.57. The van der Waals surface area contributed by atoms with E-state index in [2.05, 4.69) is 5.32 Å². The number of para-hydroxylation sites is 1. The van der Waals surface area contributed by atoms with Crippen molar-refractivity contribution in [1.82, 2.24) is 5.32 Å². The van der Waals surface area contributed by atoms with Crippen molar-refractivity contribution in [2.75, 3.05) is 20.3 Å². The summed E-state index contributed by atoms with van der Waals surface area (Å²) in [4.78, 5) is 24.1. The number of benzene rings is 1. The maximum absolute atomic E-state index is 12.6.